The molecule has 0 unspecified atom stereocenters. The van der Waals surface area contributed by atoms with Crippen LogP contribution in [0, 0.1) is 22.7 Å². The van der Waals surface area contributed by atoms with Crippen molar-refractivity contribution in [1.29, 1.82) is 0 Å². The maximum absolute atomic E-state index is 13.2. The average Bonchev–Trinajstić information content (AvgIpc) is 2.77. The van der Waals surface area contributed by atoms with Gasteiger partial charge >= 0.3 is 0 Å². The van der Waals surface area contributed by atoms with Crippen molar-refractivity contribution < 1.29 is 9.59 Å². The van der Waals surface area contributed by atoms with Crippen LogP contribution in [0.5, 0.6) is 0 Å². The fourth-order valence-electron chi connectivity index (χ4n) is 6.29. The van der Waals surface area contributed by atoms with Crippen molar-refractivity contribution in [2.45, 2.75) is 77.0 Å². The molecular formula is C23H31N3O2. The van der Waals surface area contributed by atoms with Crippen molar-refractivity contribution in [1.82, 2.24) is 4.98 Å². The number of carbonyl (C=O) groups is 2. The summed E-state index contributed by atoms with van der Waals surface area (Å²) in [4.78, 5) is 30.5. The predicted octanol–water partition coefficient (Wildman–Crippen LogP) is 4.90. The predicted molar refractivity (Wildman–Crippen MR) is 109 cm³/mol. The van der Waals surface area contributed by atoms with Crippen LogP contribution in [0.15, 0.2) is 18.5 Å². The highest BCUT2D eigenvalue weighted by Gasteiger charge is 2.47. The van der Waals surface area contributed by atoms with Gasteiger partial charge in [0.25, 0.3) is 0 Å². The van der Waals surface area contributed by atoms with E-state index in [0.29, 0.717) is 11.4 Å². The van der Waals surface area contributed by atoms with Gasteiger partial charge < -0.3 is 10.6 Å². The van der Waals surface area contributed by atoms with Gasteiger partial charge in [0.15, 0.2) is 0 Å². The average molecular weight is 382 g/mol. The lowest BCUT2D eigenvalue weighted by atomic mass is 9.60. The van der Waals surface area contributed by atoms with E-state index >= 15 is 0 Å². The van der Waals surface area contributed by atoms with Gasteiger partial charge in [-0.2, -0.15) is 0 Å². The molecule has 6 saturated carbocycles. The number of pyridine rings is 1. The van der Waals surface area contributed by atoms with Gasteiger partial charge in [0.2, 0.25) is 11.8 Å². The van der Waals surface area contributed by atoms with E-state index in [-0.39, 0.29) is 22.6 Å². The minimum absolute atomic E-state index is 0.116. The molecule has 2 N–H and O–H groups in total. The van der Waals surface area contributed by atoms with Crippen LogP contribution >= 0.6 is 0 Å². The van der Waals surface area contributed by atoms with Crippen molar-refractivity contribution in [3.05, 3.63) is 18.5 Å². The van der Waals surface area contributed by atoms with Crippen molar-refractivity contribution in [3.63, 3.8) is 0 Å². The van der Waals surface area contributed by atoms with Gasteiger partial charge in [-0.05, 0) is 95.0 Å². The molecule has 0 aliphatic heterocycles. The summed E-state index contributed by atoms with van der Waals surface area (Å²) in [5, 5.41) is 6.28. The van der Waals surface area contributed by atoms with E-state index in [0.717, 1.165) is 50.4 Å². The quantitative estimate of drug-likeness (QED) is 0.779. The molecule has 7 rings (SSSR count). The Bertz CT molecular complexity index is 681. The number of hydrogen-bond acceptors (Lipinski definition) is 3. The highest BCUT2D eigenvalue weighted by molar-refractivity contribution is 6.02. The van der Waals surface area contributed by atoms with Crippen molar-refractivity contribution in [3.8, 4) is 0 Å². The Morgan fingerprint density at radius 1 is 0.750 bits per heavy atom. The molecule has 5 nitrogen and oxygen atoms in total. The number of hydrogen-bond donors (Lipinski definition) is 2. The summed E-state index contributed by atoms with van der Waals surface area (Å²) in [5.74, 6) is 1.90. The van der Waals surface area contributed by atoms with E-state index in [1.54, 1.807) is 12.4 Å². The Labute approximate surface area is 167 Å². The number of carbonyl (C=O) groups excluding carboxylic acids is 2. The zero-order chi connectivity index (χ0) is 19.2. The number of aromatic nitrogens is 1. The molecule has 28 heavy (non-hydrogen) atoms. The Balaban J connectivity index is 1.32. The third kappa shape index (κ3) is 3.03. The Hall–Kier alpha value is -1.91. The first-order valence-electron chi connectivity index (χ1n) is 11.2. The summed E-state index contributed by atoms with van der Waals surface area (Å²) in [6.07, 6.45) is 16.4. The zero-order valence-corrected chi connectivity index (χ0v) is 16.6. The molecule has 6 aliphatic rings. The van der Waals surface area contributed by atoms with Gasteiger partial charge in [0.05, 0.1) is 17.6 Å². The molecule has 0 spiro atoms. The molecule has 0 aromatic carbocycles. The van der Waals surface area contributed by atoms with E-state index < -0.39 is 0 Å². The lowest BCUT2D eigenvalue weighted by Gasteiger charge is -2.45. The van der Waals surface area contributed by atoms with Crippen molar-refractivity contribution >= 4 is 23.2 Å². The van der Waals surface area contributed by atoms with Crippen LogP contribution in [0.25, 0.3) is 0 Å². The first kappa shape index (κ1) is 18.1. The molecule has 150 valence electrons. The lowest BCUT2D eigenvalue weighted by Crippen LogP contribution is -2.44. The molecule has 2 amide bonds. The van der Waals surface area contributed by atoms with Gasteiger partial charge in [0, 0.05) is 17.0 Å². The summed E-state index contributed by atoms with van der Waals surface area (Å²) >= 11 is 0. The summed E-state index contributed by atoms with van der Waals surface area (Å²) in [6, 6.07) is 1.81. The second-order valence-corrected chi connectivity index (χ2v) is 9.85. The molecule has 1 heterocycles. The van der Waals surface area contributed by atoms with Gasteiger partial charge in [-0.15, -0.1) is 0 Å². The van der Waals surface area contributed by atoms with Crippen LogP contribution in [0.1, 0.15) is 77.0 Å². The number of anilines is 2. The largest absolute Gasteiger partial charge is 0.324 e. The smallest absolute Gasteiger partial charge is 0.230 e. The Morgan fingerprint density at radius 3 is 1.64 bits per heavy atom. The second kappa shape index (κ2) is 6.85. The molecule has 4 bridgehead atoms. The zero-order valence-electron chi connectivity index (χ0n) is 16.6. The number of nitrogens with one attached hydrogen (secondary N) is 2. The van der Waals surface area contributed by atoms with E-state index in [4.69, 9.17) is 0 Å². The maximum atomic E-state index is 13.2. The molecule has 0 atom stereocenters. The number of fused-ring (bicyclic) bond motifs is 6. The minimum Gasteiger partial charge on any atom is -0.324 e. The molecule has 1 aromatic rings. The van der Waals surface area contributed by atoms with Crippen LogP contribution in [0.4, 0.5) is 11.4 Å². The van der Waals surface area contributed by atoms with Crippen LogP contribution in [-0.2, 0) is 9.59 Å². The van der Waals surface area contributed by atoms with Gasteiger partial charge in [-0.25, -0.2) is 0 Å². The molecule has 0 saturated heterocycles. The normalized spacial score (nSPS) is 36.1. The molecule has 6 fully saturated rings. The van der Waals surface area contributed by atoms with E-state index in [2.05, 4.69) is 15.6 Å². The summed E-state index contributed by atoms with van der Waals surface area (Å²) in [5.41, 5.74) is 0.909. The molecular weight excluding hydrogens is 350 g/mol. The Morgan fingerprint density at radius 2 is 1.18 bits per heavy atom. The molecule has 6 aliphatic carbocycles. The van der Waals surface area contributed by atoms with Crippen LogP contribution in [-0.4, -0.2) is 16.8 Å². The first-order chi connectivity index (χ1) is 13.6. The van der Waals surface area contributed by atoms with E-state index in [9.17, 15) is 9.59 Å². The Kier molecular flexibility index (Phi) is 4.44. The third-order valence-electron chi connectivity index (χ3n) is 8.47. The van der Waals surface area contributed by atoms with Gasteiger partial charge in [0.1, 0.15) is 0 Å². The van der Waals surface area contributed by atoms with Crippen molar-refractivity contribution in [2.75, 3.05) is 10.6 Å². The highest BCUT2D eigenvalue weighted by Crippen LogP contribution is 2.52. The number of nitrogens with zero attached hydrogens (tertiary/aromatic N) is 1. The lowest BCUT2D eigenvalue weighted by molar-refractivity contribution is -0.132. The number of rotatable bonds is 4. The minimum atomic E-state index is -0.216. The van der Waals surface area contributed by atoms with Crippen LogP contribution in [0.2, 0.25) is 0 Å². The molecule has 1 aromatic heterocycles. The highest BCUT2D eigenvalue weighted by atomic mass is 16.2. The summed E-state index contributed by atoms with van der Waals surface area (Å²) in [6.45, 7) is 0. The van der Waals surface area contributed by atoms with Crippen molar-refractivity contribution in [2.24, 2.45) is 22.7 Å². The van der Waals surface area contributed by atoms with Crippen LogP contribution < -0.4 is 10.6 Å². The first-order valence-corrected chi connectivity index (χ1v) is 11.2. The molecule has 5 heteroatoms. The van der Waals surface area contributed by atoms with Crippen LogP contribution in [0.3, 0.4) is 0 Å². The van der Waals surface area contributed by atoms with Gasteiger partial charge in [-0.1, -0.05) is 0 Å². The monoisotopic (exact) mass is 381 g/mol. The van der Waals surface area contributed by atoms with E-state index in [1.165, 1.54) is 38.5 Å². The fourth-order valence-corrected chi connectivity index (χ4v) is 6.29. The summed E-state index contributed by atoms with van der Waals surface area (Å²) in [7, 11) is 0. The second-order valence-electron chi connectivity index (χ2n) is 9.85. The third-order valence-corrected chi connectivity index (χ3v) is 8.47. The SMILES string of the molecule is O=C(Nc1ccncc1NC(=O)C12CCC(CC1)CC2)C12CCC(CC1)CC2. The van der Waals surface area contributed by atoms with E-state index in [1.807, 2.05) is 6.07 Å². The summed E-state index contributed by atoms with van der Waals surface area (Å²) < 4.78 is 0. The molecule has 0 radical (unpaired) electrons. The van der Waals surface area contributed by atoms with Gasteiger partial charge in [-0.3, -0.25) is 14.6 Å². The topological polar surface area (TPSA) is 71.1 Å². The number of amides is 2. The maximum Gasteiger partial charge on any atom is 0.230 e. The standard InChI is InChI=1S/C23H31N3O2/c27-20(22-8-1-16(2-9-22)3-10-22)25-18-7-14-24-15-19(18)26-21(28)23-11-4-17(5-12-23)6-13-23/h7,14-17H,1-6,8-13H2,(H,26,28)(H,24,25,27). The fraction of sp³-hybridized carbons (Fsp3) is 0.696.